The highest BCUT2D eigenvalue weighted by Crippen LogP contribution is 2.19. The molecule has 1 N–H and O–H groups in total. The molecular weight excluding hydrogens is 322 g/mol. The first kappa shape index (κ1) is 17.9. The van der Waals surface area contributed by atoms with Crippen molar-refractivity contribution in [3.63, 3.8) is 0 Å². The molecule has 0 atom stereocenters. The molecule has 0 amide bonds. The molecule has 0 spiro atoms. The van der Waals surface area contributed by atoms with Gasteiger partial charge in [0.05, 0.1) is 16.3 Å². The molecule has 1 aromatic rings. The lowest BCUT2D eigenvalue weighted by molar-refractivity contribution is 0.0982. The van der Waals surface area contributed by atoms with Crippen LogP contribution in [0.5, 0.6) is 0 Å². The van der Waals surface area contributed by atoms with E-state index in [-0.39, 0.29) is 5.78 Å². The van der Waals surface area contributed by atoms with Gasteiger partial charge in [0.2, 0.25) is 0 Å². The number of allylic oxidation sites excluding steroid dienone is 7. The van der Waals surface area contributed by atoms with Crippen molar-refractivity contribution in [1.82, 2.24) is 4.98 Å². The fourth-order valence-electron chi connectivity index (χ4n) is 2.29. The van der Waals surface area contributed by atoms with E-state index in [4.69, 9.17) is 11.6 Å². The number of hydrogen-bond acceptors (Lipinski definition) is 4. The van der Waals surface area contributed by atoms with E-state index in [0.29, 0.717) is 22.8 Å². The molecule has 2 rings (SSSR count). The van der Waals surface area contributed by atoms with Crippen LogP contribution >= 0.6 is 11.6 Å². The predicted octanol–water partition coefficient (Wildman–Crippen LogP) is 4.68. The Morgan fingerprint density at radius 2 is 2.29 bits per heavy atom. The molecular formula is C19H20ClN3O. The molecule has 124 valence electrons. The summed E-state index contributed by atoms with van der Waals surface area (Å²) in [6.07, 6.45) is 14.1. The second kappa shape index (κ2) is 8.99. The molecule has 0 aromatic carbocycles. The largest absolute Gasteiger partial charge is 0.346 e. The van der Waals surface area contributed by atoms with Gasteiger partial charge in [0.15, 0.2) is 5.78 Å². The van der Waals surface area contributed by atoms with Crippen molar-refractivity contribution in [2.45, 2.75) is 19.8 Å². The Morgan fingerprint density at radius 1 is 1.46 bits per heavy atom. The molecule has 1 heterocycles. The maximum atomic E-state index is 12.1. The van der Waals surface area contributed by atoms with Gasteiger partial charge in [0.25, 0.3) is 0 Å². The summed E-state index contributed by atoms with van der Waals surface area (Å²) in [5, 5.41) is 3.68. The van der Waals surface area contributed by atoms with Crippen LogP contribution in [-0.2, 0) is 0 Å². The zero-order valence-corrected chi connectivity index (χ0v) is 14.5. The Balaban J connectivity index is 2.10. The van der Waals surface area contributed by atoms with Crippen LogP contribution in [0.15, 0.2) is 70.5 Å². The van der Waals surface area contributed by atoms with Gasteiger partial charge < -0.3 is 5.32 Å². The standard InChI is InChI=1S/C19H20ClN3O/c1-3-7-17(24)15-10-6-13-23-19(15)22-12-5-9-14-8-4-11-16(20)18(14)21-2/h4-6,8-13H,3,7H2,1-2H3,(H,22,23)/b12-5+,14-9-,21-18+. The van der Waals surface area contributed by atoms with Crippen LogP contribution in [0, 0.1) is 0 Å². The van der Waals surface area contributed by atoms with E-state index < -0.39 is 0 Å². The topological polar surface area (TPSA) is 54.4 Å². The number of nitrogens with zero attached hydrogens (tertiary/aromatic N) is 2. The smallest absolute Gasteiger partial charge is 0.166 e. The number of nitrogens with one attached hydrogen (secondary N) is 1. The third kappa shape index (κ3) is 4.52. The lowest BCUT2D eigenvalue weighted by Crippen LogP contribution is -2.05. The lowest BCUT2D eigenvalue weighted by atomic mass is 10.0. The molecule has 0 radical (unpaired) electrons. The van der Waals surface area contributed by atoms with Crippen LogP contribution < -0.4 is 5.32 Å². The number of aromatic nitrogens is 1. The first-order valence-corrected chi connectivity index (χ1v) is 8.18. The van der Waals surface area contributed by atoms with Gasteiger partial charge in [-0.3, -0.25) is 9.79 Å². The fourth-order valence-corrected chi connectivity index (χ4v) is 2.55. The third-order valence-electron chi connectivity index (χ3n) is 3.42. The Kier molecular flexibility index (Phi) is 6.70. The summed E-state index contributed by atoms with van der Waals surface area (Å²) < 4.78 is 0. The van der Waals surface area contributed by atoms with E-state index in [1.165, 1.54) is 0 Å². The van der Waals surface area contributed by atoms with Gasteiger partial charge in [-0.25, -0.2) is 4.98 Å². The van der Waals surface area contributed by atoms with Gasteiger partial charge in [0, 0.05) is 31.4 Å². The number of aliphatic imine (C=N–C) groups is 1. The summed E-state index contributed by atoms with van der Waals surface area (Å²) in [6.45, 7) is 1.98. The van der Waals surface area contributed by atoms with Crippen LogP contribution in [0.1, 0.15) is 30.1 Å². The second-order valence-corrected chi connectivity index (χ2v) is 5.55. The molecule has 24 heavy (non-hydrogen) atoms. The van der Waals surface area contributed by atoms with Crippen LogP contribution in [0.3, 0.4) is 0 Å². The monoisotopic (exact) mass is 341 g/mol. The maximum absolute atomic E-state index is 12.1. The molecule has 1 aliphatic carbocycles. The predicted molar refractivity (Wildman–Crippen MR) is 101 cm³/mol. The van der Waals surface area contributed by atoms with Crippen molar-refractivity contribution in [3.8, 4) is 0 Å². The number of carbonyl (C=O) groups excluding carboxylic acids is 1. The fraction of sp³-hybridized carbons (Fsp3) is 0.211. The Morgan fingerprint density at radius 3 is 3.04 bits per heavy atom. The Bertz CT molecular complexity index is 758. The summed E-state index contributed by atoms with van der Waals surface area (Å²) >= 11 is 6.12. The van der Waals surface area contributed by atoms with Crippen molar-refractivity contribution < 1.29 is 4.79 Å². The quantitative estimate of drug-likeness (QED) is 0.764. The van der Waals surface area contributed by atoms with Crippen LogP contribution in [0.25, 0.3) is 0 Å². The number of hydrogen-bond donors (Lipinski definition) is 1. The van der Waals surface area contributed by atoms with Crippen molar-refractivity contribution in [2.24, 2.45) is 4.99 Å². The minimum Gasteiger partial charge on any atom is -0.346 e. The summed E-state index contributed by atoms with van der Waals surface area (Å²) in [7, 11) is 1.71. The van der Waals surface area contributed by atoms with Gasteiger partial charge in [-0.05, 0) is 30.7 Å². The normalized spacial score (nSPS) is 17.5. The highest BCUT2D eigenvalue weighted by atomic mass is 35.5. The van der Waals surface area contributed by atoms with Gasteiger partial charge in [-0.2, -0.15) is 0 Å². The van der Waals surface area contributed by atoms with Crippen molar-refractivity contribution in [2.75, 3.05) is 12.4 Å². The molecule has 1 aliphatic rings. The van der Waals surface area contributed by atoms with Gasteiger partial charge >= 0.3 is 0 Å². The number of ketones is 1. The molecule has 0 fully saturated rings. The lowest BCUT2D eigenvalue weighted by Gasteiger charge is -2.08. The first-order valence-electron chi connectivity index (χ1n) is 7.80. The zero-order chi connectivity index (χ0) is 17.4. The van der Waals surface area contributed by atoms with E-state index >= 15 is 0 Å². The number of halogens is 1. The summed E-state index contributed by atoms with van der Waals surface area (Å²) in [5.74, 6) is 0.652. The van der Waals surface area contributed by atoms with Crippen molar-refractivity contribution in [3.05, 3.63) is 71.1 Å². The molecule has 0 saturated heterocycles. The average Bonchev–Trinajstić information content (AvgIpc) is 2.59. The number of carbonyl (C=O) groups is 1. The molecule has 1 aromatic heterocycles. The SMILES string of the molecule is CCCC(=O)c1cccnc1N/C=C/C=C1/C=CC=C(Cl)/C1=N/C. The van der Waals surface area contributed by atoms with Gasteiger partial charge in [-0.15, -0.1) is 0 Å². The molecule has 0 aliphatic heterocycles. The average molecular weight is 342 g/mol. The molecule has 0 unspecified atom stereocenters. The van der Waals surface area contributed by atoms with E-state index in [0.717, 1.165) is 17.7 Å². The first-order chi connectivity index (χ1) is 11.7. The highest BCUT2D eigenvalue weighted by Gasteiger charge is 2.11. The van der Waals surface area contributed by atoms with E-state index in [2.05, 4.69) is 15.3 Å². The van der Waals surface area contributed by atoms with Crippen molar-refractivity contribution in [1.29, 1.82) is 0 Å². The van der Waals surface area contributed by atoms with Crippen LogP contribution in [-0.4, -0.2) is 23.5 Å². The van der Waals surface area contributed by atoms with Crippen molar-refractivity contribution >= 4 is 28.9 Å². The van der Waals surface area contributed by atoms with Gasteiger partial charge in [0.1, 0.15) is 5.82 Å². The third-order valence-corrected chi connectivity index (χ3v) is 3.72. The molecule has 4 nitrogen and oxygen atoms in total. The van der Waals surface area contributed by atoms with Gasteiger partial charge in [-0.1, -0.05) is 36.8 Å². The van der Waals surface area contributed by atoms with E-state index in [1.54, 1.807) is 31.6 Å². The molecule has 0 saturated carbocycles. The van der Waals surface area contributed by atoms with E-state index in [1.807, 2.05) is 37.3 Å². The number of anilines is 1. The van der Waals surface area contributed by atoms with Crippen LogP contribution in [0.4, 0.5) is 5.82 Å². The van der Waals surface area contributed by atoms with E-state index in [9.17, 15) is 4.79 Å². The minimum absolute atomic E-state index is 0.0902. The number of rotatable bonds is 6. The summed E-state index contributed by atoms with van der Waals surface area (Å²) in [4.78, 5) is 20.5. The Labute approximate surface area is 147 Å². The second-order valence-electron chi connectivity index (χ2n) is 5.14. The Hall–Kier alpha value is -2.46. The zero-order valence-electron chi connectivity index (χ0n) is 13.8. The number of Topliss-reactive ketones (excluding diaryl/α,β-unsaturated/α-hetero) is 1. The summed E-state index contributed by atoms with van der Waals surface area (Å²) in [6, 6.07) is 3.56. The highest BCUT2D eigenvalue weighted by molar-refractivity contribution is 6.47. The maximum Gasteiger partial charge on any atom is 0.166 e. The number of pyridine rings is 1. The molecule has 5 heteroatoms. The van der Waals surface area contributed by atoms with Crippen LogP contribution in [0.2, 0.25) is 0 Å². The minimum atomic E-state index is 0.0902. The molecule has 0 bridgehead atoms. The summed E-state index contributed by atoms with van der Waals surface area (Å²) in [5.41, 5.74) is 2.28.